The number of methoxy groups -OCH3 is 1. The van der Waals surface area contributed by atoms with Crippen LogP contribution in [0.5, 0.6) is 5.75 Å². The van der Waals surface area contributed by atoms with E-state index in [1.165, 1.54) is 43.5 Å². The number of aliphatic hydroxyl groups excluding tert-OH is 1. The number of nitrogens with zero attached hydrogens (tertiary/aromatic N) is 11. The molecule has 103 heavy (non-hydrogen) atoms. The fourth-order valence-corrected chi connectivity index (χ4v) is 13.2. The van der Waals surface area contributed by atoms with Crippen LogP contribution in [0.15, 0.2) is 54.0 Å². The number of amides is 5. The Morgan fingerprint density at radius 3 is 2.06 bits per heavy atom. The van der Waals surface area contributed by atoms with Gasteiger partial charge in [-0.15, -0.1) is 0 Å². The molecule has 6 heterocycles. The van der Waals surface area contributed by atoms with Gasteiger partial charge in [0.25, 0.3) is 0 Å². The molecular formula is C63H101N17O21P2. The molecule has 3 aromatic heterocycles. The molecule has 574 valence electrons. The lowest BCUT2D eigenvalue weighted by atomic mass is 10.0. The standard InChI is InChI=1S/C63H101N17O21P2/c1-41(81)65-22-14-15-44(71-62(89)100-63(2,3)4)58(86)70-45(33-42-16-18-43(94-9)19-17-42)59(87)73-53-48(99-60(55(53)85)80-40-69-54-56(74(5)6)67-39-68-57(54)80)38-97-103(92,93)101-46-34-51(79-23-20-49(64)72-61(79)88)98-47(46)37-96-102(90,91)95-32-13-11-10-12-21-66-50(82)35-77-28-26-75(7)24-25-76(8)27-29-78(31-30-77)36-52(83)84/h16-20,23,39-40,44-48,51,53,55,60,85H,10-15,21-22,24-38H2,1-9H3,(H,65,81)(H,66,82)(H,70,86)(H,71,89)(H,73,87)(H,83,84)(H,90,91)(H,92,93)(H2,64,72,88)/t44-,45+,46?,47-,48-,51-,53?,55+,60-/m1/s1. The molecule has 3 aliphatic rings. The van der Waals surface area contributed by atoms with Crippen LogP contribution in [0.25, 0.3) is 11.2 Å². The minimum atomic E-state index is -5.38. The normalized spacial score (nSPS) is 22.3. The molecule has 7 rings (SSSR count). The highest BCUT2D eigenvalue weighted by molar-refractivity contribution is 7.47. The molecule has 3 aliphatic heterocycles. The van der Waals surface area contributed by atoms with Gasteiger partial charge in [0.15, 0.2) is 23.2 Å². The van der Waals surface area contributed by atoms with E-state index in [1.807, 2.05) is 23.9 Å². The van der Waals surface area contributed by atoms with Crippen LogP contribution in [0.1, 0.15) is 90.7 Å². The molecule has 4 unspecified atom stereocenters. The zero-order valence-corrected chi connectivity index (χ0v) is 61.5. The number of aliphatic hydroxyl groups is 1. The number of anilines is 2. The predicted molar refractivity (Wildman–Crippen MR) is 372 cm³/mol. The lowest BCUT2D eigenvalue weighted by molar-refractivity contribution is -0.138. The molecule has 11 atom stereocenters. The molecule has 0 spiro atoms. The number of unbranched alkanes of at least 4 members (excludes halogenated alkanes) is 3. The molecule has 0 saturated carbocycles. The van der Waals surface area contributed by atoms with Gasteiger partial charge in [-0.1, -0.05) is 25.0 Å². The molecule has 3 fully saturated rings. The van der Waals surface area contributed by atoms with Gasteiger partial charge in [-0.2, -0.15) is 4.98 Å². The molecule has 0 radical (unpaired) electrons. The topological polar surface area (TPSA) is 472 Å². The molecule has 40 heteroatoms. The molecule has 0 bridgehead atoms. The molecule has 11 N–H and O–H groups in total. The Morgan fingerprint density at radius 2 is 1.41 bits per heavy atom. The van der Waals surface area contributed by atoms with E-state index in [0.717, 1.165) is 24.2 Å². The number of ether oxygens (including phenoxy) is 4. The van der Waals surface area contributed by atoms with Crippen molar-refractivity contribution in [2.75, 3.05) is 144 Å². The third-order valence-corrected chi connectivity index (χ3v) is 19.0. The number of rotatable bonds is 35. The zero-order chi connectivity index (χ0) is 75.2. The summed E-state index contributed by atoms with van der Waals surface area (Å²) in [5.74, 6) is -2.39. The Bertz CT molecular complexity index is 3610. The van der Waals surface area contributed by atoms with Crippen LogP contribution in [-0.4, -0.2) is 286 Å². The van der Waals surface area contributed by atoms with E-state index in [9.17, 15) is 62.7 Å². The first-order valence-corrected chi connectivity index (χ1v) is 37.0. The number of benzene rings is 1. The van der Waals surface area contributed by atoms with Gasteiger partial charge in [0, 0.05) is 106 Å². The summed E-state index contributed by atoms with van der Waals surface area (Å²) < 4.78 is 75.3. The number of alkyl carbamates (subject to hydrolysis) is 1. The maximum Gasteiger partial charge on any atom is 0.472 e. The van der Waals surface area contributed by atoms with Crippen LogP contribution in [-0.2, 0) is 71.8 Å². The van der Waals surface area contributed by atoms with Crippen LogP contribution in [0.3, 0.4) is 0 Å². The molecule has 1 aromatic carbocycles. The first-order valence-electron chi connectivity index (χ1n) is 34.0. The largest absolute Gasteiger partial charge is 0.497 e. The van der Waals surface area contributed by atoms with Gasteiger partial charge < -0.3 is 86.0 Å². The predicted octanol–water partition coefficient (Wildman–Crippen LogP) is 0.186. The number of fused-ring (bicyclic) bond motifs is 1. The van der Waals surface area contributed by atoms with Crippen LogP contribution >= 0.6 is 15.6 Å². The number of imidazole rings is 1. The second-order valence-corrected chi connectivity index (χ2v) is 29.5. The molecule has 3 saturated heterocycles. The number of likely N-dealkylation sites (N-methyl/N-ethyl adjacent to an activating group) is 2. The van der Waals surface area contributed by atoms with Gasteiger partial charge in [-0.3, -0.25) is 61.0 Å². The smallest absolute Gasteiger partial charge is 0.472 e. The summed E-state index contributed by atoms with van der Waals surface area (Å²) in [4.78, 5) is 141. The van der Waals surface area contributed by atoms with Crippen molar-refractivity contribution in [2.45, 2.75) is 140 Å². The van der Waals surface area contributed by atoms with Gasteiger partial charge in [0.2, 0.25) is 23.6 Å². The van der Waals surface area contributed by atoms with Crippen molar-refractivity contribution in [3.8, 4) is 5.75 Å². The Labute approximate surface area is 597 Å². The van der Waals surface area contributed by atoms with E-state index in [-0.39, 0.29) is 75.2 Å². The second kappa shape index (κ2) is 39.1. The Balaban J connectivity index is 1.02. The van der Waals surface area contributed by atoms with Crippen molar-refractivity contribution < 1.29 is 94.9 Å². The van der Waals surface area contributed by atoms with Crippen molar-refractivity contribution in [3.05, 3.63) is 65.2 Å². The van der Waals surface area contributed by atoms with Gasteiger partial charge >= 0.3 is 33.4 Å². The average molecular weight is 1490 g/mol. The van der Waals surface area contributed by atoms with E-state index in [2.05, 4.69) is 56.3 Å². The molecule has 4 aromatic rings. The third-order valence-electron chi connectivity index (χ3n) is 17.0. The van der Waals surface area contributed by atoms with Crippen LogP contribution < -0.4 is 47.6 Å². The molecular weight excluding hydrogens is 1390 g/mol. The fourth-order valence-electron chi connectivity index (χ4n) is 11.5. The van der Waals surface area contributed by atoms with Crippen molar-refractivity contribution in [2.24, 2.45) is 0 Å². The quantitative estimate of drug-likeness (QED) is 0.0217. The summed E-state index contributed by atoms with van der Waals surface area (Å²) in [5, 5.41) is 35.5. The number of hydrogen-bond donors (Lipinski definition) is 10. The summed E-state index contributed by atoms with van der Waals surface area (Å²) in [5.41, 5.74) is 4.90. The van der Waals surface area contributed by atoms with Gasteiger partial charge in [0.05, 0.1) is 52.4 Å². The summed E-state index contributed by atoms with van der Waals surface area (Å²) >= 11 is 0. The minimum absolute atomic E-state index is 0.0249. The van der Waals surface area contributed by atoms with Crippen LogP contribution in [0.4, 0.5) is 16.4 Å². The fraction of sp³-hybridized carbons (Fsp3) is 0.667. The maximum absolute atomic E-state index is 15.0. The minimum Gasteiger partial charge on any atom is -0.497 e. The average Bonchev–Trinajstić information content (AvgIpc) is 1.62. The Kier molecular flexibility index (Phi) is 31.5. The number of carboxylic acids is 1. The Hall–Kier alpha value is -7.39. The zero-order valence-electron chi connectivity index (χ0n) is 59.7. The van der Waals surface area contributed by atoms with Crippen molar-refractivity contribution in [1.29, 1.82) is 0 Å². The molecule has 5 amide bonds. The van der Waals surface area contributed by atoms with Gasteiger partial charge in [-0.25, -0.2) is 33.7 Å². The number of nitrogens with two attached hydrogens (primary N) is 1. The number of nitrogen functional groups attached to an aromatic ring is 1. The van der Waals surface area contributed by atoms with E-state index >= 15 is 0 Å². The second-order valence-electron chi connectivity index (χ2n) is 26.7. The highest BCUT2D eigenvalue weighted by Crippen LogP contribution is 2.51. The number of carbonyl (C=O) groups excluding carboxylic acids is 5. The highest BCUT2D eigenvalue weighted by Gasteiger charge is 2.49. The van der Waals surface area contributed by atoms with E-state index in [1.54, 1.807) is 64.0 Å². The van der Waals surface area contributed by atoms with Crippen molar-refractivity contribution in [3.63, 3.8) is 0 Å². The van der Waals surface area contributed by atoms with Crippen LogP contribution in [0, 0.1) is 0 Å². The number of aliphatic carboxylic acids is 1. The number of phosphoric ester groups is 2. The van der Waals surface area contributed by atoms with Crippen molar-refractivity contribution in [1.82, 2.24) is 75.3 Å². The lowest BCUT2D eigenvalue weighted by Gasteiger charge is -2.31. The summed E-state index contributed by atoms with van der Waals surface area (Å²) in [7, 11) is -1.30. The number of carbonyl (C=O) groups is 6. The van der Waals surface area contributed by atoms with Gasteiger partial charge in [-0.05, 0) is 84.3 Å². The summed E-state index contributed by atoms with van der Waals surface area (Å²) in [6, 6.07) is 3.52. The highest BCUT2D eigenvalue weighted by atomic mass is 31.2. The number of aromatic nitrogens is 6. The summed E-state index contributed by atoms with van der Waals surface area (Å²) in [6.07, 6.45) is -4.45. The Morgan fingerprint density at radius 1 is 0.767 bits per heavy atom. The number of hydrogen-bond acceptors (Lipinski definition) is 28. The lowest BCUT2D eigenvalue weighted by Crippen LogP contribution is -2.58. The first kappa shape index (κ1) is 82.9. The third kappa shape index (κ3) is 26.9. The SMILES string of the molecule is COc1ccc(C[C@H](NC(=O)[C@@H](CCCNC(C)=O)NC(=O)OC(C)(C)C)C(=O)NC2[C@@H](COP(=O)(O)OC3C[C@H](n4ccc(N)nc4=O)O[C@@H]3COP(=O)(O)OCCCCCCNC(=O)CN3CCN(C)CCN(C)CCN(CC(=O)O)CC3)O[C@@H](n3cnc4c(N(C)C)ncnc43)[C@H]2O)cc1. The van der Waals surface area contributed by atoms with E-state index < -0.39 is 119 Å². The summed E-state index contributed by atoms with van der Waals surface area (Å²) in [6.45, 7) is 10.1. The number of carboxylic acid groups (broad SMARTS) is 1. The number of nitrogens with one attached hydrogen (secondary N) is 5. The van der Waals surface area contributed by atoms with Crippen molar-refractivity contribution >= 4 is 74.1 Å². The molecule has 38 nitrogen and oxygen atoms in total. The van der Waals surface area contributed by atoms with Crippen LogP contribution in [0.2, 0.25) is 0 Å². The molecule has 0 aliphatic carbocycles. The monoisotopic (exact) mass is 1490 g/mol. The number of phosphoric acid groups is 2. The first-order chi connectivity index (χ1) is 48.7. The van der Waals surface area contributed by atoms with Gasteiger partial charge in [0.1, 0.15) is 66.2 Å². The van der Waals surface area contributed by atoms with E-state index in [4.69, 9.17) is 42.8 Å². The maximum atomic E-state index is 15.0. The van der Waals surface area contributed by atoms with E-state index in [0.29, 0.717) is 87.6 Å².